The van der Waals surface area contributed by atoms with Gasteiger partial charge in [0.05, 0.1) is 19.3 Å². The highest BCUT2D eigenvalue weighted by Gasteiger charge is 2.24. The minimum atomic E-state index is -0.416. The monoisotopic (exact) mass is 461 g/mol. The molecule has 12 nitrogen and oxygen atoms in total. The van der Waals surface area contributed by atoms with Gasteiger partial charge in [0.25, 0.3) is 0 Å². The number of anilines is 1. The van der Waals surface area contributed by atoms with Gasteiger partial charge < -0.3 is 10.2 Å². The average Bonchev–Trinajstić information content (AvgIpc) is 3.45. The van der Waals surface area contributed by atoms with Crippen LogP contribution in [0.5, 0.6) is 0 Å². The van der Waals surface area contributed by atoms with Gasteiger partial charge >= 0.3 is 0 Å². The van der Waals surface area contributed by atoms with E-state index in [9.17, 15) is 9.18 Å². The Bertz CT molecular complexity index is 1410. The maximum absolute atomic E-state index is 13.9. The maximum Gasteiger partial charge on any atom is 0.236 e. The number of fused-ring (bicyclic) bond motifs is 1. The second kappa shape index (κ2) is 8.81. The molecule has 4 aromatic heterocycles. The summed E-state index contributed by atoms with van der Waals surface area (Å²) in [5.74, 6) is 0.511. The number of tetrazole rings is 1. The summed E-state index contributed by atoms with van der Waals surface area (Å²) in [5.41, 5.74) is 1.48. The molecular weight excluding hydrogens is 441 g/mol. The second-order valence-electron chi connectivity index (χ2n) is 7.94. The van der Waals surface area contributed by atoms with Crippen LogP contribution in [0.15, 0.2) is 30.6 Å². The van der Waals surface area contributed by atoms with Gasteiger partial charge in [-0.15, -0.1) is 10.2 Å². The Labute approximate surface area is 193 Å². The Hall–Kier alpha value is -4.47. The summed E-state index contributed by atoms with van der Waals surface area (Å²) in [7, 11) is 1.65. The van der Waals surface area contributed by atoms with Crippen LogP contribution in [0, 0.1) is 17.1 Å². The van der Waals surface area contributed by atoms with Crippen LogP contribution in [0.3, 0.4) is 0 Å². The first-order valence-electron chi connectivity index (χ1n) is 10.7. The van der Waals surface area contributed by atoms with Gasteiger partial charge in [-0.3, -0.25) is 9.20 Å². The predicted molar refractivity (Wildman–Crippen MR) is 117 cm³/mol. The van der Waals surface area contributed by atoms with E-state index in [1.807, 2.05) is 6.07 Å². The molecule has 0 saturated carbocycles. The molecule has 1 aliphatic heterocycles. The third-order valence-corrected chi connectivity index (χ3v) is 5.52. The molecule has 13 heteroatoms. The van der Waals surface area contributed by atoms with Gasteiger partial charge in [-0.1, -0.05) is 0 Å². The third kappa shape index (κ3) is 4.25. The fourth-order valence-electron chi connectivity index (χ4n) is 3.97. The number of halogens is 1. The summed E-state index contributed by atoms with van der Waals surface area (Å²) in [4.78, 5) is 28.7. The third-order valence-electron chi connectivity index (χ3n) is 5.52. The number of nitriles is 1. The molecule has 0 aromatic carbocycles. The van der Waals surface area contributed by atoms with Crippen LogP contribution < -0.4 is 5.32 Å². The van der Waals surface area contributed by atoms with Crippen LogP contribution in [0.25, 0.3) is 28.7 Å². The lowest BCUT2D eigenvalue weighted by Gasteiger charge is -2.33. The lowest BCUT2D eigenvalue weighted by molar-refractivity contribution is -0.131. The number of likely N-dealkylation sites (tertiary alicyclic amines) is 1. The molecule has 1 amide bonds. The minimum Gasteiger partial charge on any atom is -0.365 e. The highest BCUT2D eigenvalue weighted by molar-refractivity contribution is 5.78. The van der Waals surface area contributed by atoms with E-state index < -0.39 is 5.82 Å². The minimum absolute atomic E-state index is 0.0681. The first-order chi connectivity index (χ1) is 16.5. The summed E-state index contributed by atoms with van der Waals surface area (Å²) in [6.07, 6.45) is 4.39. The van der Waals surface area contributed by atoms with Gasteiger partial charge in [0.1, 0.15) is 35.1 Å². The number of aromatic nitrogens is 8. The van der Waals surface area contributed by atoms with E-state index in [0.717, 1.165) is 12.8 Å². The molecule has 0 aliphatic carbocycles. The molecule has 1 saturated heterocycles. The summed E-state index contributed by atoms with van der Waals surface area (Å²) in [6, 6.07) is 6.46. The second-order valence-corrected chi connectivity index (χ2v) is 7.94. The smallest absolute Gasteiger partial charge is 0.236 e. The zero-order chi connectivity index (χ0) is 23.7. The van der Waals surface area contributed by atoms with E-state index in [1.165, 1.54) is 17.1 Å². The highest BCUT2D eigenvalue weighted by Crippen LogP contribution is 2.25. The number of piperidine rings is 1. The Morgan fingerprint density at radius 1 is 1.32 bits per heavy atom. The van der Waals surface area contributed by atoms with E-state index in [-0.39, 0.29) is 18.4 Å². The number of rotatable bonds is 5. The molecule has 1 fully saturated rings. The Morgan fingerprint density at radius 2 is 2.21 bits per heavy atom. The maximum atomic E-state index is 13.9. The SMILES string of the molecule is Cn1nnc(-c2cc(NC3CCCN(C(=O)CC#N)C3)nc(-c3cnc4ccc(F)cn34)n2)n1. The van der Waals surface area contributed by atoms with E-state index in [2.05, 4.69) is 35.7 Å². The zero-order valence-corrected chi connectivity index (χ0v) is 18.3. The van der Waals surface area contributed by atoms with Crippen molar-refractivity contribution in [1.29, 1.82) is 5.26 Å². The van der Waals surface area contributed by atoms with Crippen molar-refractivity contribution in [2.24, 2.45) is 7.05 Å². The molecule has 1 aliphatic rings. The zero-order valence-electron chi connectivity index (χ0n) is 18.3. The summed E-state index contributed by atoms with van der Waals surface area (Å²) in [6.45, 7) is 1.08. The quantitative estimate of drug-likeness (QED) is 0.467. The molecule has 4 aromatic rings. The van der Waals surface area contributed by atoms with Crippen molar-refractivity contribution in [2.75, 3.05) is 18.4 Å². The van der Waals surface area contributed by atoms with Gasteiger partial charge in [-0.2, -0.15) is 10.1 Å². The molecule has 1 N–H and O–H groups in total. The molecule has 1 atom stereocenters. The van der Waals surface area contributed by atoms with Crippen LogP contribution in [0.4, 0.5) is 10.2 Å². The predicted octanol–water partition coefficient (Wildman–Crippen LogP) is 1.44. The largest absolute Gasteiger partial charge is 0.365 e. The number of carbonyl (C=O) groups excluding carboxylic acids is 1. The lowest BCUT2D eigenvalue weighted by Crippen LogP contribution is -2.45. The number of nitrogens with zero attached hydrogens (tertiary/aromatic N) is 10. The molecule has 0 spiro atoms. The van der Waals surface area contributed by atoms with Crippen LogP contribution in [-0.2, 0) is 11.8 Å². The van der Waals surface area contributed by atoms with Crippen LogP contribution >= 0.6 is 0 Å². The van der Waals surface area contributed by atoms with Crippen molar-refractivity contribution in [3.8, 4) is 29.1 Å². The van der Waals surface area contributed by atoms with Crippen molar-refractivity contribution in [3.05, 3.63) is 36.4 Å². The van der Waals surface area contributed by atoms with Gasteiger partial charge in [-0.05, 0) is 30.2 Å². The Balaban J connectivity index is 1.51. The van der Waals surface area contributed by atoms with Crippen molar-refractivity contribution in [3.63, 3.8) is 0 Å². The van der Waals surface area contributed by atoms with Gasteiger partial charge in [0, 0.05) is 31.4 Å². The van der Waals surface area contributed by atoms with E-state index >= 15 is 0 Å². The van der Waals surface area contributed by atoms with Crippen molar-refractivity contribution in [1.82, 2.24) is 44.5 Å². The molecular formula is C21H20FN11O. The summed E-state index contributed by atoms with van der Waals surface area (Å²) in [5, 5.41) is 24.4. The molecule has 1 unspecified atom stereocenters. The topological polar surface area (TPSA) is 143 Å². The number of hydrogen-bond donors (Lipinski definition) is 1. The lowest BCUT2D eigenvalue weighted by atomic mass is 10.1. The van der Waals surface area contributed by atoms with Gasteiger partial charge in [0.2, 0.25) is 11.7 Å². The highest BCUT2D eigenvalue weighted by atomic mass is 19.1. The number of amides is 1. The van der Waals surface area contributed by atoms with E-state index in [0.29, 0.717) is 47.6 Å². The van der Waals surface area contributed by atoms with Crippen molar-refractivity contribution < 1.29 is 9.18 Å². The van der Waals surface area contributed by atoms with Crippen LogP contribution in [0.1, 0.15) is 19.3 Å². The molecule has 34 heavy (non-hydrogen) atoms. The van der Waals surface area contributed by atoms with Crippen molar-refractivity contribution in [2.45, 2.75) is 25.3 Å². The van der Waals surface area contributed by atoms with Gasteiger partial charge in [-0.25, -0.2) is 19.3 Å². The van der Waals surface area contributed by atoms with Crippen molar-refractivity contribution >= 4 is 17.4 Å². The first kappa shape index (κ1) is 21.4. The fourth-order valence-corrected chi connectivity index (χ4v) is 3.97. The standard InChI is InChI=1S/C21H20FN11O/c1-31-29-20(28-30-31)15-9-17(25-14-3-2-8-32(12-14)19(34)6-7-23)27-21(26-15)16-10-24-18-5-4-13(22)11-33(16)18/h4-5,9-11,14H,2-3,6,8,12H2,1H3,(H,25,26,27). The van der Waals surface area contributed by atoms with Crippen LogP contribution in [-0.4, -0.2) is 69.5 Å². The van der Waals surface area contributed by atoms with E-state index in [4.69, 9.17) is 5.26 Å². The first-order valence-corrected chi connectivity index (χ1v) is 10.7. The number of aryl methyl sites for hydroxylation is 1. The number of imidazole rings is 1. The Kier molecular flexibility index (Phi) is 5.54. The average molecular weight is 461 g/mol. The molecule has 0 radical (unpaired) electrons. The van der Waals surface area contributed by atoms with E-state index in [1.54, 1.807) is 34.7 Å². The molecule has 5 heterocycles. The number of nitrogens with one attached hydrogen (secondary N) is 1. The number of hydrogen-bond acceptors (Lipinski definition) is 9. The van der Waals surface area contributed by atoms with Gasteiger partial charge in [0.15, 0.2) is 5.82 Å². The molecule has 5 rings (SSSR count). The Morgan fingerprint density at radius 3 is 3.00 bits per heavy atom. The summed E-state index contributed by atoms with van der Waals surface area (Å²) < 4.78 is 15.5. The summed E-state index contributed by atoms with van der Waals surface area (Å²) >= 11 is 0. The fraction of sp³-hybridized carbons (Fsp3) is 0.333. The molecule has 172 valence electrons. The normalized spacial score (nSPS) is 15.9. The molecule has 0 bridgehead atoms. The number of carbonyl (C=O) groups is 1. The van der Waals surface area contributed by atoms with Crippen LogP contribution in [0.2, 0.25) is 0 Å². The number of pyridine rings is 1.